The molecule has 2 saturated heterocycles. The molecule has 1 amide bonds. The average Bonchev–Trinajstić information content (AvgIpc) is 2.99. The van der Waals surface area contributed by atoms with Crippen LogP contribution < -0.4 is 10.0 Å². The van der Waals surface area contributed by atoms with Gasteiger partial charge in [0.1, 0.15) is 4.21 Å². The van der Waals surface area contributed by atoms with Gasteiger partial charge < -0.3 is 10.2 Å². The van der Waals surface area contributed by atoms with Crippen molar-refractivity contribution in [3.63, 3.8) is 0 Å². The van der Waals surface area contributed by atoms with Gasteiger partial charge in [0, 0.05) is 18.6 Å². The normalized spacial score (nSPS) is 24.1. The first-order chi connectivity index (χ1) is 10.5. The van der Waals surface area contributed by atoms with E-state index in [0.717, 1.165) is 43.7 Å². The predicted molar refractivity (Wildman–Crippen MR) is 92.9 cm³/mol. The minimum absolute atomic E-state index is 0. The van der Waals surface area contributed by atoms with Crippen molar-refractivity contribution in [1.82, 2.24) is 14.9 Å². The maximum Gasteiger partial charge on any atom is 0.250 e. The van der Waals surface area contributed by atoms with Gasteiger partial charge in [-0.1, -0.05) is 11.6 Å². The zero-order valence-corrected chi connectivity index (χ0v) is 15.5. The second-order valence-electron chi connectivity index (χ2n) is 5.56. The zero-order chi connectivity index (χ0) is 15.7. The van der Waals surface area contributed by atoms with Crippen LogP contribution in [0.2, 0.25) is 4.34 Å². The minimum Gasteiger partial charge on any atom is -0.334 e. The lowest BCUT2D eigenvalue weighted by atomic mass is 10.1. The molecule has 2 aliphatic heterocycles. The number of nitrogens with one attached hydrogen (secondary N) is 2. The molecular formula is C13H19Cl2N3O3S2. The number of hydrogen-bond donors (Lipinski definition) is 2. The van der Waals surface area contributed by atoms with Crippen LogP contribution in [0.15, 0.2) is 16.3 Å². The Bertz CT molecular complexity index is 651. The SMILES string of the molecule is Cl.O=C(CNS(=O)(=O)c1ccc(Cl)s1)N1C2CCNCC1CC2. The maximum atomic E-state index is 12.4. The van der Waals surface area contributed by atoms with Crippen LogP contribution in [0.5, 0.6) is 0 Å². The molecule has 2 aliphatic rings. The number of fused-ring (bicyclic) bond motifs is 2. The van der Waals surface area contributed by atoms with Gasteiger partial charge in [0.15, 0.2) is 0 Å². The molecule has 2 bridgehead atoms. The molecule has 2 fully saturated rings. The second kappa shape index (κ2) is 7.67. The maximum absolute atomic E-state index is 12.4. The van der Waals surface area contributed by atoms with Crippen LogP contribution in [0.4, 0.5) is 0 Å². The van der Waals surface area contributed by atoms with Crippen molar-refractivity contribution in [1.29, 1.82) is 0 Å². The summed E-state index contributed by atoms with van der Waals surface area (Å²) in [7, 11) is -3.68. The van der Waals surface area contributed by atoms with E-state index < -0.39 is 10.0 Å². The highest BCUT2D eigenvalue weighted by molar-refractivity contribution is 7.91. The quantitative estimate of drug-likeness (QED) is 0.802. The van der Waals surface area contributed by atoms with E-state index in [-0.39, 0.29) is 41.2 Å². The Morgan fingerprint density at radius 1 is 1.35 bits per heavy atom. The van der Waals surface area contributed by atoms with Gasteiger partial charge in [-0.15, -0.1) is 23.7 Å². The first-order valence-electron chi connectivity index (χ1n) is 7.24. The lowest BCUT2D eigenvalue weighted by molar-refractivity contribution is -0.132. The molecule has 1 aromatic heterocycles. The molecular weight excluding hydrogens is 381 g/mol. The molecule has 0 aliphatic carbocycles. The standard InChI is InChI=1S/C13H18ClN3O3S2.ClH/c14-11-3-4-13(21-11)22(19,20)16-8-12(18)17-9-1-2-10(17)7-15-6-5-9;/h3-4,9-10,15-16H,1-2,5-8H2;1H. The molecule has 0 spiro atoms. The van der Waals surface area contributed by atoms with E-state index in [0.29, 0.717) is 4.34 Å². The lowest BCUT2D eigenvalue weighted by Crippen LogP contribution is -2.47. The van der Waals surface area contributed by atoms with Crippen molar-refractivity contribution in [2.45, 2.75) is 35.6 Å². The van der Waals surface area contributed by atoms with Crippen LogP contribution in [0, 0.1) is 0 Å². The summed E-state index contributed by atoms with van der Waals surface area (Å²) in [4.78, 5) is 14.3. The second-order valence-corrected chi connectivity index (χ2v) is 9.27. The number of rotatable bonds is 4. The average molecular weight is 400 g/mol. The van der Waals surface area contributed by atoms with E-state index in [1.807, 2.05) is 4.90 Å². The number of thiophene rings is 1. The van der Waals surface area contributed by atoms with Crippen molar-refractivity contribution >= 4 is 51.3 Å². The molecule has 3 heterocycles. The summed E-state index contributed by atoms with van der Waals surface area (Å²) < 4.78 is 27.2. The number of nitrogens with zero attached hydrogens (tertiary/aromatic N) is 1. The summed E-state index contributed by atoms with van der Waals surface area (Å²) in [6.45, 7) is 1.49. The van der Waals surface area contributed by atoms with E-state index in [9.17, 15) is 13.2 Å². The monoisotopic (exact) mass is 399 g/mol. The van der Waals surface area contributed by atoms with E-state index in [1.54, 1.807) is 0 Å². The highest BCUT2D eigenvalue weighted by atomic mass is 35.5. The van der Waals surface area contributed by atoms with Crippen molar-refractivity contribution in [3.05, 3.63) is 16.5 Å². The predicted octanol–water partition coefficient (Wildman–Crippen LogP) is 1.45. The summed E-state index contributed by atoms with van der Waals surface area (Å²) >= 11 is 6.74. The van der Waals surface area contributed by atoms with Gasteiger partial charge in [-0.3, -0.25) is 4.79 Å². The summed E-state index contributed by atoms with van der Waals surface area (Å²) in [5.41, 5.74) is 0. The highest BCUT2D eigenvalue weighted by Gasteiger charge is 2.38. The number of halogens is 2. The molecule has 2 unspecified atom stereocenters. The molecule has 130 valence electrons. The number of sulfonamides is 1. The molecule has 6 nitrogen and oxygen atoms in total. The minimum atomic E-state index is -3.68. The highest BCUT2D eigenvalue weighted by Crippen LogP contribution is 2.28. The number of carbonyl (C=O) groups is 1. The third kappa shape index (κ3) is 4.18. The molecule has 1 aromatic rings. The van der Waals surface area contributed by atoms with Crippen molar-refractivity contribution in [2.24, 2.45) is 0 Å². The molecule has 0 aromatic carbocycles. The van der Waals surface area contributed by atoms with Gasteiger partial charge >= 0.3 is 0 Å². The van der Waals surface area contributed by atoms with Crippen LogP contribution in [0.3, 0.4) is 0 Å². The molecule has 10 heteroatoms. The fourth-order valence-electron chi connectivity index (χ4n) is 3.15. The summed E-state index contributed by atoms with van der Waals surface area (Å²) in [6.07, 6.45) is 2.91. The third-order valence-electron chi connectivity index (χ3n) is 4.17. The molecule has 2 N–H and O–H groups in total. The number of carbonyl (C=O) groups excluding carboxylic acids is 1. The summed E-state index contributed by atoms with van der Waals surface area (Å²) in [5.74, 6) is -0.151. The molecule has 23 heavy (non-hydrogen) atoms. The van der Waals surface area contributed by atoms with Gasteiger partial charge in [0.25, 0.3) is 10.0 Å². The summed E-state index contributed by atoms with van der Waals surface area (Å²) in [5, 5.41) is 3.32. The van der Waals surface area contributed by atoms with E-state index in [4.69, 9.17) is 11.6 Å². The largest absolute Gasteiger partial charge is 0.334 e. The zero-order valence-electron chi connectivity index (χ0n) is 12.3. The Kier molecular flexibility index (Phi) is 6.32. The topological polar surface area (TPSA) is 78.5 Å². The van der Waals surface area contributed by atoms with Crippen LogP contribution in [0.1, 0.15) is 19.3 Å². The van der Waals surface area contributed by atoms with E-state index in [2.05, 4.69) is 10.0 Å². The van der Waals surface area contributed by atoms with E-state index >= 15 is 0 Å². The molecule has 3 rings (SSSR count). The summed E-state index contributed by atoms with van der Waals surface area (Å²) in [6, 6.07) is 3.39. The third-order valence-corrected chi connectivity index (χ3v) is 7.29. The van der Waals surface area contributed by atoms with Gasteiger partial charge in [-0.25, -0.2) is 13.1 Å². The van der Waals surface area contributed by atoms with Gasteiger partial charge in [-0.05, 0) is 37.9 Å². The number of hydrogen-bond acceptors (Lipinski definition) is 5. The van der Waals surface area contributed by atoms with Crippen molar-refractivity contribution in [2.75, 3.05) is 19.6 Å². The lowest BCUT2D eigenvalue weighted by Gasteiger charge is -2.27. The Morgan fingerprint density at radius 2 is 2.09 bits per heavy atom. The van der Waals surface area contributed by atoms with Crippen LogP contribution in [-0.2, 0) is 14.8 Å². The van der Waals surface area contributed by atoms with Gasteiger partial charge in [-0.2, -0.15) is 0 Å². The fourth-order valence-corrected chi connectivity index (χ4v) is 5.65. The van der Waals surface area contributed by atoms with Gasteiger partial charge in [0.05, 0.1) is 10.9 Å². The Morgan fingerprint density at radius 3 is 2.78 bits per heavy atom. The van der Waals surface area contributed by atoms with Gasteiger partial charge in [0.2, 0.25) is 5.91 Å². The van der Waals surface area contributed by atoms with Crippen LogP contribution in [0.25, 0.3) is 0 Å². The number of amides is 1. The van der Waals surface area contributed by atoms with E-state index in [1.165, 1.54) is 12.1 Å². The Hall–Kier alpha value is -0.380. The first-order valence-corrected chi connectivity index (χ1v) is 9.92. The van der Waals surface area contributed by atoms with Crippen molar-refractivity contribution < 1.29 is 13.2 Å². The van der Waals surface area contributed by atoms with Crippen LogP contribution >= 0.6 is 35.3 Å². The Balaban J connectivity index is 0.00000192. The Labute approximate surface area is 151 Å². The first kappa shape index (κ1) is 19.0. The molecule has 0 saturated carbocycles. The smallest absolute Gasteiger partial charge is 0.250 e. The molecule has 0 radical (unpaired) electrons. The fraction of sp³-hybridized carbons (Fsp3) is 0.615. The molecule has 2 atom stereocenters. The van der Waals surface area contributed by atoms with Crippen molar-refractivity contribution in [3.8, 4) is 0 Å². The van der Waals surface area contributed by atoms with Crippen LogP contribution in [-0.4, -0.2) is 50.9 Å².